The van der Waals surface area contributed by atoms with E-state index in [0.29, 0.717) is 6.42 Å². The van der Waals surface area contributed by atoms with Crippen molar-refractivity contribution in [1.82, 2.24) is 9.55 Å². The summed E-state index contributed by atoms with van der Waals surface area (Å²) in [6, 6.07) is 8.39. The zero-order valence-corrected chi connectivity index (χ0v) is 11.3. The molecule has 0 radical (unpaired) electrons. The number of aliphatic hydroxyl groups excluding tert-OH is 1. The van der Waals surface area contributed by atoms with Crippen LogP contribution in [0.3, 0.4) is 0 Å². The molecule has 1 aliphatic carbocycles. The number of hydrogen-bond donors (Lipinski definition) is 1. The minimum Gasteiger partial charge on any atom is -0.388 e. The van der Waals surface area contributed by atoms with Gasteiger partial charge in [0.05, 0.1) is 6.10 Å². The first kappa shape index (κ1) is 12.4. The fourth-order valence-corrected chi connectivity index (χ4v) is 2.55. The molecule has 0 saturated heterocycles. The van der Waals surface area contributed by atoms with Crippen LogP contribution in [0.15, 0.2) is 36.7 Å². The molecule has 1 fully saturated rings. The lowest BCUT2D eigenvalue weighted by molar-refractivity contribution is 0.174. The zero-order chi connectivity index (χ0) is 13.2. The molecule has 0 amide bonds. The summed E-state index contributed by atoms with van der Waals surface area (Å²) in [6.07, 6.45) is 6.45. The number of benzene rings is 1. The molecule has 3 rings (SSSR count). The average Bonchev–Trinajstić information content (AvgIpc) is 3.20. The monoisotopic (exact) mass is 256 g/mol. The van der Waals surface area contributed by atoms with E-state index in [1.54, 1.807) is 6.20 Å². The van der Waals surface area contributed by atoms with Gasteiger partial charge in [-0.2, -0.15) is 0 Å². The van der Waals surface area contributed by atoms with Crippen molar-refractivity contribution in [2.45, 2.75) is 44.8 Å². The van der Waals surface area contributed by atoms with Crippen molar-refractivity contribution in [1.29, 1.82) is 0 Å². The molecule has 1 atom stereocenters. The summed E-state index contributed by atoms with van der Waals surface area (Å²) in [6.45, 7) is 2.98. The molecule has 0 aliphatic heterocycles. The molecular formula is C16H20N2O. The summed E-state index contributed by atoms with van der Waals surface area (Å²) < 4.78 is 2.08. The molecule has 1 aromatic carbocycles. The van der Waals surface area contributed by atoms with E-state index in [9.17, 15) is 5.11 Å². The number of aryl methyl sites for hydroxylation is 1. The second kappa shape index (κ2) is 5.17. The lowest BCUT2D eigenvalue weighted by atomic mass is 10.0. The van der Waals surface area contributed by atoms with Gasteiger partial charge in [0.2, 0.25) is 0 Å². The van der Waals surface area contributed by atoms with Gasteiger partial charge in [-0.1, -0.05) is 24.3 Å². The van der Waals surface area contributed by atoms with Gasteiger partial charge in [-0.3, -0.25) is 0 Å². The second-order valence-electron chi connectivity index (χ2n) is 5.29. The Balaban J connectivity index is 1.76. The van der Waals surface area contributed by atoms with E-state index in [-0.39, 0.29) is 0 Å². The van der Waals surface area contributed by atoms with E-state index in [1.807, 2.05) is 12.3 Å². The van der Waals surface area contributed by atoms with E-state index in [0.717, 1.165) is 23.9 Å². The highest BCUT2D eigenvalue weighted by Gasteiger charge is 2.24. The van der Waals surface area contributed by atoms with Crippen LogP contribution in [0.5, 0.6) is 0 Å². The molecule has 3 nitrogen and oxygen atoms in total. The van der Waals surface area contributed by atoms with Gasteiger partial charge in [0.15, 0.2) is 0 Å². The standard InChI is InChI=1S/C16H20N2O/c1-2-18-9-8-17-16(18)11-15(19)14-5-3-4-13(10-14)12-6-7-12/h3-5,8-10,12,15,19H,2,6-7,11H2,1H3. The Morgan fingerprint density at radius 1 is 1.42 bits per heavy atom. The van der Waals surface area contributed by atoms with Crippen LogP contribution in [0.4, 0.5) is 0 Å². The molecule has 2 aromatic rings. The van der Waals surface area contributed by atoms with Crippen LogP contribution in [0.25, 0.3) is 0 Å². The molecule has 0 bridgehead atoms. The Bertz CT molecular complexity index is 557. The highest BCUT2D eigenvalue weighted by Crippen LogP contribution is 2.40. The molecule has 1 aromatic heterocycles. The summed E-state index contributed by atoms with van der Waals surface area (Å²) in [5, 5.41) is 10.4. The second-order valence-corrected chi connectivity index (χ2v) is 5.29. The van der Waals surface area contributed by atoms with E-state index in [2.05, 4.69) is 34.7 Å². The van der Waals surface area contributed by atoms with Crippen LogP contribution in [0.1, 0.15) is 48.7 Å². The Kier molecular flexibility index (Phi) is 3.38. The van der Waals surface area contributed by atoms with Crippen LogP contribution in [0, 0.1) is 0 Å². The van der Waals surface area contributed by atoms with Crippen LogP contribution in [0.2, 0.25) is 0 Å². The van der Waals surface area contributed by atoms with Gasteiger partial charge in [0.25, 0.3) is 0 Å². The lowest BCUT2D eigenvalue weighted by Crippen LogP contribution is -2.08. The number of nitrogens with zero attached hydrogens (tertiary/aromatic N) is 2. The molecule has 100 valence electrons. The smallest absolute Gasteiger partial charge is 0.111 e. The maximum atomic E-state index is 10.4. The molecule has 0 spiro atoms. The molecule has 1 heterocycles. The molecule has 19 heavy (non-hydrogen) atoms. The van der Waals surface area contributed by atoms with Crippen LogP contribution in [-0.4, -0.2) is 14.7 Å². The first-order valence-corrected chi connectivity index (χ1v) is 7.06. The summed E-state index contributed by atoms with van der Waals surface area (Å²) in [5.41, 5.74) is 2.38. The van der Waals surface area contributed by atoms with Crippen molar-refractivity contribution in [2.24, 2.45) is 0 Å². The third-order valence-corrected chi connectivity index (χ3v) is 3.86. The number of imidazole rings is 1. The topological polar surface area (TPSA) is 38.0 Å². The van der Waals surface area contributed by atoms with Crippen molar-refractivity contribution in [3.8, 4) is 0 Å². The summed E-state index contributed by atoms with van der Waals surface area (Å²) in [7, 11) is 0. The van der Waals surface area contributed by atoms with E-state index >= 15 is 0 Å². The van der Waals surface area contributed by atoms with Gasteiger partial charge < -0.3 is 9.67 Å². The first-order valence-electron chi connectivity index (χ1n) is 7.06. The Hall–Kier alpha value is -1.61. The molecule has 1 N–H and O–H groups in total. The van der Waals surface area contributed by atoms with Gasteiger partial charge in [-0.15, -0.1) is 0 Å². The molecule has 1 saturated carbocycles. The van der Waals surface area contributed by atoms with Gasteiger partial charge in [0.1, 0.15) is 5.82 Å². The van der Waals surface area contributed by atoms with Crippen molar-refractivity contribution >= 4 is 0 Å². The number of hydrogen-bond acceptors (Lipinski definition) is 2. The molecule has 1 unspecified atom stereocenters. The lowest BCUT2D eigenvalue weighted by Gasteiger charge is -2.13. The first-order chi connectivity index (χ1) is 9.28. The van der Waals surface area contributed by atoms with Gasteiger partial charge in [-0.25, -0.2) is 4.98 Å². The summed E-state index contributed by atoms with van der Waals surface area (Å²) in [5.74, 6) is 1.68. The number of aromatic nitrogens is 2. The highest BCUT2D eigenvalue weighted by atomic mass is 16.3. The van der Waals surface area contributed by atoms with E-state index in [4.69, 9.17) is 0 Å². The van der Waals surface area contributed by atoms with Crippen molar-refractivity contribution in [3.05, 3.63) is 53.6 Å². The van der Waals surface area contributed by atoms with Crippen molar-refractivity contribution in [3.63, 3.8) is 0 Å². The number of aliphatic hydroxyl groups is 1. The summed E-state index contributed by atoms with van der Waals surface area (Å²) >= 11 is 0. The van der Waals surface area contributed by atoms with Crippen molar-refractivity contribution < 1.29 is 5.11 Å². The molecule has 3 heteroatoms. The average molecular weight is 256 g/mol. The van der Waals surface area contributed by atoms with Gasteiger partial charge >= 0.3 is 0 Å². The van der Waals surface area contributed by atoms with E-state index in [1.165, 1.54) is 18.4 Å². The minimum absolute atomic E-state index is 0.466. The normalized spacial score (nSPS) is 16.5. The Morgan fingerprint density at radius 3 is 3.00 bits per heavy atom. The van der Waals surface area contributed by atoms with Crippen molar-refractivity contribution in [2.75, 3.05) is 0 Å². The van der Waals surface area contributed by atoms with Crippen LogP contribution < -0.4 is 0 Å². The number of rotatable bonds is 5. The maximum Gasteiger partial charge on any atom is 0.111 e. The van der Waals surface area contributed by atoms with E-state index < -0.39 is 6.10 Å². The van der Waals surface area contributed by atoms with Crippen LogP contribution >= 0.6 is 0 Å². The fraction of sp³-hybridized carbons (Fsp3) is 0.438. The maximum absolute atomic E-state index is 10.4. The Morgan fingerprint density at radius 2 is 2.26 bits per heavy atom. The predicted molar refractivity (Wildman–Crippen MR) is 75.0 cm³/mol. The largest absolute Gasteiger partial charge is 0.388 e. The highest BCUT2D eigenvalue weighted by molar-refractivity contribution is 5.30. The van der Waals surface area contributed by atoms with Crippen LogP contribution in [-0.2, 0) is 13.0 Å². The quantitative estimate of drug-likeness (QED) is 0.893. The fourth-order valence-electron chi connectivity index (χ4n) is 2.55. The molecule has 1 aliphatic rings. The third kappa shape index (κ3) is 2.71. The third-order valence-electron chi connectivity index (χ3n) is 3.86. The zero-order valence-electron chi connectivity index (χ0n) is 11.3. The SMILES string of the molecule is CCn1ccnc1CC(O)c1cccc(C2CC2)c1. The van der Waals surface area contributed by atoms with Gasteiger partial charge in [0, 0.05) is 25.4 Å². The predicted octanol–water partition coefficient (Wildman–Crippen LogP) is 3.06. The summed E-state index contributed by atoms with van der Waals surface area (Å²) in [4.78, 5) is 4.33. The minimum atomic E-state index is -0.466. The van der Waals surface area contributed by atoms with Gasteiger partial charge in [-0.05, 0) is 36.8 Å². The Labute approximate surface area is 113 Å². The molecular weight excluding hydrogens is 236 g/mol.